The molecule has 2 aromatic rings. The van der Waals surface area contributed by atoms with Crippen molar-refractivity contribution in [3.05, 3.63) is 68.6 Å². The standard InChI is InChI=1S/C14H16BrNO4.C6H6BrN/c1-3-19-13(17)12(14(18)20-4-2)8-7-11-6-5-10(15)9-16-11;1-5-2-3-6(7)4-8-5/h5-6,8-9H,3-4,7H2,1-2H3;2-4H,1H3. The van der Waals surface area contributed by atoms with Gasteiger partial charge in [-0.2, -0.15) is 0 Å². The molecule has 0 saturated heterocycles. The van der Waals surface area contributed by atoms with Crippen molar-refractivity contribution in [2.45, 2.75) is 27.2 Å². The molecule has 150 valence electrons. The molecule has 2 heterocycles. The Morgan fingerprint density at radius 3 is 1.86 bits per heavy atom. The summed E-state index contributed by atoms with van der Waals surface area (Å²) in [6.07, 6.45) is 5.26. The third kappa shape index (κ3) is 9.23. The highest BCUT2D eigenvalue weighted by Crippen LogP contribution is 2.10. The van der Waals surface area contributed by atoms with E-state index in [1.165, 1.54) is 6.08 Å². The zero-order valence-corrected chi connectivity index (χ0v) is 19.1. The lowest BCUT2D eigenvalue weighted by Crippen LogP contribution is -2.18. The number of halogens is 2. The zero-order chi connectivity index (χ0) is 20.9. The second-order valence-electron chi connectivity index (χ2n) is 5.35. The summed E-state index contributed by atoms with van der Waals surface area (Å²) < 4.78 is 11.6. The maximum absolute atomic E-state index is 11.7. The van der Waals surface area contributed by atoms with Gasteiger partial charge in [-0.05, 0) is 76.9 Å². The number of ether oxygens (including phenoxy) is 2. The number of carbonyl (C=O) groups excluding carboxylic acids is 2. The van der Waals surface area contributed by atoms with E-state index in [0.717, 1.165) is 20.3 Å². The van der Waals surface area contributed by atoms with E-state index in [1.807, 2.05) is 25.1 Å². The van der Waals surface area contributed by atoms with E-state index >= 15 is 0 Å². The van der Waals surface area contributed by atoms with Gasteiger partial charge < -0.3 is 9.47 Å². The molecule has 8 heteroatoms. The molecule has 0 atom stereocenters. The van der Waals surface area contributed by atoms with Gasteiger partial charge in [0, 0.05) is 39.1 Å². The van der Waals surface area contributed by atoms with Gasteiger partial charge >= 0.3 is 11.9 Å². The maximum Gasteiger partial charge on any atom is 0.345 e. The average Bonchev–Trinajstić information content (AvgIpc) is 2.67. The highest BCUT2D eigenvalue weighted by Gasteiger charge is 2.20. The number of hydrogen-bond donors (Lipinski definition) is 0. The molecular formula is C20H22Br2N2O4. The molecule has 0 aromatic carbocycles. The van der Waals surface area contributed by atoms with Gasteiger partial charge in [-0.25, -0.2) is 9.59 Å². The highest BCUT2D eigenvalue weighted by molar-refractivity contribution is 9.10. The van der Waals surface area contributed by atoms with E-state index in [2.05, 4.69) is 41.8 Å². The first-order chi connectivity index (χ1) is 13.4. The predicted molar refractivity (Wildman–Crippen MR) is 114 cm³/mol. The Morgan fingerprint density at radius 2 is 1.46 bits per heavy atom. The minimum absolute atomic E-state index is 0.0987. The summed E-state index contributed by atoms with van der Waals surface area (Å²) in [6.45, 7) is 5.72. The SMILES string of the molecule is CCOC(=O)C(=CCc1ccc(Br)cn1)C(=O)OCC.Cc1ccc(Br)cn1. The van der Waals surface area contributed by atoms with Crippen LogP contribution in [0.2, 0.25) is 0 Å². The van der Waals surface area contributed by atoms with Crippen molar-refractivity contribution in [1.82, 2.24) is 9.97 Å². The monoisotopic (exact) mass is 512 g/mol. The van der Waals surface area contributed by atoms with E-state index in [0.29, 0.717) is 6.42 Å². The highest BCUT2D eigenvalue weighted by atomic mass is 79.9. The normalized spacial score (nSPS) is 9.61. The number of carbonyl (C=O) groups is 2. The van der Waals surface area contributed by atoms with Crippen LogP contribution in [0.5, 0.6) is 0 Å². The molecule has 0 spiro atoms. The summed E-state index contributed by atoms with van der Waals surface area (Å²) in [4.78, 5) is 31.6. The number of esters is 2. The number of hydrogen-bond acceptors (Lipinski definition) is 6. The fourth-order valence-electron chi connectivity index (χ4n) is 1.85. The molecule has 2 aromatic heterocycles. The molecule has 0 aliphatic heterocycles. The summed E-state index contributed by atoms with van der Waals surface area (Å²) in [5.41, 5.74) is 1.69. The molecule has 0 saturated carbocycles. The Labute approximate surface area is 181 Å². The van der Waals surface area contributed by atoms with Crippen LogP contribution in [0.1, 0.15) is 25.2 Å². The lowest BCUT2D eigenvalue weighted by atomic mass is 10.2. The van der Waals surface area contributed by atoms with Gasteiger partial charge in [0.1, 0.15) is 5.57 Å². The largest absolute Gasteiger partial charge is 0.462 e. The quantitative estimate of drug-likeness (QED) is 0.243. The Bertz CT molecular complexity index is 750. The topological polar surface area (TPSA) is 78.4 Å². The molecule has 0 fully saturated rings. The summed E-state index contributed by atoms with van der Waals surface area (Å²) in [6, 6.07) is 7.57. The van der Waals surface area contributed by atoms with Crippen molar-refractivity contribution in [2.75, 3.05) is 13.2 Å². The van der Waals surface area contributed by atoms with E-state index in [-0.39, 0.29) is 18.8 Å². The van der Waals surface area contributed by atoms with Crippen LogP contribution in [0.4, 0.5) is 0 Å². The number of rotatable bonds is 6. The molecule has 2 rings (SSSR count). The first-order valence-corrected chi connectivity index (χ1v) is 10.2. The molecule has 0 aliphatic rings. The van der Waals surface area contributed by atoms with Crippen molar-refractivity contribution in [1.29, 1.82) is 0 Å². The molecule has 0 radical (unpaired) electrons. The summed E-state index contributed by atoms with van der Waals surface area (Å²) in [5.74, 6) is -1.36. The van der Waals surface area contributed by atoms with Gasteiger partial charge in [0.2, 0.25) is 0 Å². The van der Waals surface area contributed by atoms with Gasteiger partial charge in [-0.1, -0.05) is 6.08 Å². The fourth-order valence-corrected chi connectivity index (χ4v) is 2.32. The molecule has 0 N–H and O–H groups in total. The van der Waals surface area contributed by atoms with Crippen LogP contribution >= 0.6 is 31.9 Å². The van der Waals surface area contributed by atoms with Gasteiger partial charge in [-0.15, -0.1) is 0 Å². The van der Waals surface area contributed by atoms with Crippen LogP contribution in [-0.2, 0) is 25.5 Å². The van der Waals surface area contributed by atoms with E-state index in [4.69, 9.17) is 9.47 Å². The minimum Gasteiger partial charge on any atom is -0.462 e. The van der Waals surface area contributed by atoms with E-state index < -0.39 is 11.9 Å². The fraction of sp³-hybridized carbons (Fsp3) is 0.300. The first kappa shape index (κ1) is 24.0. The third-order valence-electron chi connectivity index (χ3n) is 3.17. The molecular weight excluding hydrogens is 492 g/mol. The Hall–Kier alpha value is -2.06. The van der Waals surface area contributed by atoms with Crippen molar-refractivity contribution >= 4 is 43.8 Å². The second-order valence-corrected chi connectivity index (χ2v) is 7.18. The third-order valence-corrected chi connectivity index (χ3v) is 4.11. The zero-order valence-electron chi connectivity index (χ0n) is 15.9. The lowest BCUT2D eigenvalue weighted by Gasteiger charge is -2.06. The Kier molecular flexibility index (Phi) is 11.3. The van der Waals surface area contributed by atoms with Crippen LogP contribution in [0, 0.1) is 6.92 Å². The van der Waals surface area contributed by atoms with Gasteiger partial charge in [0.15, 0.2) is 0 Å². The van der Waals surface area contributed by atoms with Gasteiger partial charge in [0.25, 0.3) is 0 Å². The molecule has 0 unspecified atom stereocenters. The van der Waals surface area contributed by atoms with Crippen molar-refractivity contribution in [3.8, 4) is 0 Å². The Balaban J connectivity index is 0.000000406. The first-order valence-electron chi connectivity index (χ1n) is 8.60. The number of aryl methyl sites for hydroxylation is 1. The smallest absolute Gasteiger partial charge is 0.345 e. The lowest BCUT2D eigenvalue weighted by molar-refractivity contribution is -0.146. The number of aromatic nitrogens is 2. The Morgan fingerprint density at radius 1 is 0.929 bits per heavy atom. The number of pyridine rings is 2. The van der Waals surface area contributed by atoms with E-state index in [9.17, 15) is 9.59 Å². The maximum atomic E-state index is 11.7. The molecule has 0 amide bonds. The minimum atomic E-state index is -0.678. The molecule has 0 bridgehead atoms. The summed E-state index contributed by atoms with van der Waals surface area (Å²) in [5, 5.41) is 0. The summed E-state index contributed by atoms with van der Waals surface area (Å²) >= 11 is 6.57. The van der Waals surface area contributed by atoms with Crippen LogP contribution in [0.3, 0.4) is 0 Å². The van der Waals surface area contributed by atoms with Crippen LogP contribution < -0.4 is 0 Å². The van der Waals surface area contributed by atoms with Gasteiger partial charge in [0.05, 0.1) is 13.2 Å². The summed E-state index contributed by atoms with van der Waals surface area (Å²) in [7, 11) is 0. The number of nitrogens with zero attached hydrogens (tertiary/aromatic N) is 2. The number of allylic oxidation sites excluding steroid dienone is 1. The van der Waals surface area contributed by atoms with Gasteiger partial charge in [-0.3, -0.25) is 9.97 Å². The van der Waals surface area contributed by atoms with Crippen molar-refractivity contribution in [3.63, 3.8) is 0 Å². The molecule has 28 heavy (non-hydrogen) atoms. The van der Waals surface area contributed by atoms with Crippen LogP contribution in [0.25, 0.3) is 0 Å². The van der Waals surface area contributed by atoms with Crippen molar-refractivity contribution in [2.24, 2.45) is 0 Å². The van der Waals surface area contributed by atoms with Crippen LogP contribution in [-0.4, -0.2) is 35.1 Å². The van der Waals surface area contributed by atoms with E-state index in [1.54, 1.807) is 32.3 Å². The molecule has 6 nitrogen and oxygen atoms in total. The van der Waals surface area contributed by atoms with Crippen molar-refractivity contribution < 1.29 is 19.1 Å². The average molecular weight is 514 g/mol. The second kappa shape index (κ2) is 13.2. The molecule has 0 aliphatic carbocycles. The van der Waals surface area contributed by atoms with Crippen LogP contribution in [0.15, 0.2) is 57.3 Å². The predicted octanol–water partition coefficient (Wildman–Crippen LogP) is 4.59.